The molecule has 1 aliphatic carbocycles. The van der Waals surface area contributed by atoms with Crippen LogP contribution in [-0.2, 0) is 21.2 Å². The monoisotopic (exact) mass is 482 g/mol. The number of rotatable bonds is 9. The molecule has 1 aliphatic rings. The zero-order valence-corrected chi connectivity index (χ0v) is 20.1. The standard InChI is InChI=1S/C24H26N4O5S/c1-15(2)32-22-11-8-16(14-21(22)25-3)24-26-23(27-33-24)19-7-5-6-18-17(19)9-10-20(18)28-34(29,30)13-12-31-4/h5-8,11,14-15,20,28H,9-10,12-13H2,1-2,4H3/t20-/m1/s1. The Balaban J connectivity index is 1.60. The van der Waals surface area contributed by atoms with Crippen molar-refractivity contribution in [3.8, 4) is 28.6 Å². The van der Waals surface area contributed by atoms with Crippen LogP contribution in [0, 0.1) is 6.57 Å². The minimum atomic E-state index is -3.46. The van der Waals surface area contributed by atoms with E-state index in [1.54, 1.807) is 18.2 Å². The minimum Gasteiger partial charge on any atom is -0.502 e. The first-order valence-electron chi connectivity index (χ1n) is 10.9. The molecule has 4 rings (SSSR count). The van der Waals surface area contributed by atoms with E-state index in [9.17, 15) is 8.42 Å². The molecule has 0 saturated heterocycles. The summed E-state index contributed by atoms with van der Waals surface area (Å²) in [5, 5.41) is 4.16. The van der Waals surface area contributed by atoms with Gasteiger partial charge in [-0.3, -0.25) is 0 Å². The van der Waals surface area contributed by atoms with E-state index in [0.717, 1.165) is 16.7 Å². The van der Waals surface area contributed by atoms with Gasteiger partial charge in [0.25, 0.3) is 5.89 Å². The smallest absolute Gasteiger partial charge is 0.256 e. The van der Waals surface area contributed by atoms with E-state index in [2.05, 4.69) is 19.7 Å². The Morgan fingerprint density at radius 2 is 2.12 bits per heavy atom. The SMILES string of the molecule is [C-]#[N+]c1cc(-c2nc(-c3cccc4c3CC[C@H]4NS(=O)(=O)CCOC)no2)ccc1OC(C)C. The number of sulfonamides is 1. The fraction of sp³-hybridized carbons (Fsp3) is 0.375. The second-order valence-electron chi connectivity index (χ2n) is 8.28. The van der Waals surface area contributed by atoms with Crippen molar-refractivity contribution in [1.82, 2.24) is 14.9 Å². The first-order chi connectivity index (χ1) is 16.3. The number of ether oxygens (including phenoxy) is 2. The summed E-state index contributed by atoms with van der Waals surface area (Å²) in [6, 6.07) is 10.6. The van der Waals surface area contributed by atoms with Gasteiger partial charge in [-0.15, -0.1) is 0 Å². The Morgan fingerprint density at radius 1 is 1.29 bits per heavy atom. The lowest BCUT2D eigenvalue weighted by atomic mass is 10.0. The lowest BCUT2D eigenvalue weighted by Crippen LogP contribution is -2.31. The molecule has 0 radical (unpaired) electrons. The van der Waals surface area contributed by atoms with Crippen LogP contribution in [0.4, 0.5) is 5.69 Å². The molecule has 10 heteroatoms. The van der Waals surface area contributed by atoms with Gasteiger partial charge in [0.15, 0.2) is 0 Å². The van der Waals surface area contributed by atoms with Crippen molar-refractivity contribution in [2.45, 2.75) is 38.8 Å². The van der Waals surface area contributed by atoms with Gasteiger partial charge in [0.2, 0.25) is 21.5 Å². The Bertz CT molecular complexity index is 1330. The first kappa shape index (κ1) is 23.9. The van der Waals surface area contributed by atoms with Crippen molar-refractivity contribution in [2.24, 2.45) is 0 Å². The lowest BCUT2D eigenvalue weighted by molar-refractivity contribution is 0.216. The van der Waals surface area contributed by atoms with Crippen LogP contribution >= 0.6 is 0 Å². The summed E-state index contributed by atoms with van der Waals surface area (Å²) in [4.78, 5) is 8.11. The van der Waals surface area contributed by atoms with Gasteiger partial charge in [-0.2, -0.15) is 4.98 Å². The van der Waals surface area contributed by atoms with Crippen molar-refractivity contribution in [3.63, 3.8) is 0 Å². The van der Waals surface area contributed by atoms with Gasteiger partial charge >= 0.3 is 0 Å². The highest BCUT2D eigenvalue weighted by molar-refractivity contribution is 7.89. The molecular weight excluding hydrogens is 456 g/mol. The summed E-state index contributed by atoms with van der Waals surface area (Å²) in [6.07, 6.45) is 1.29. The van der Waals surface area contributed by atoms with Crippen LogP contribution in [0.3, 0.4) is 0 Å². The number of fused-ring (bicyclic) bond motifs is 1. The van der Waals surface area contributed by atoms with Gasteiger partial charge < -0.3 is 14.0 Å². The third-order valence-corrected chi connectivity index (χ3v) is 6.85. The van der Waals surface area contributed by atoms with E-state index in [0.29, 0.717) is 41.6 Å². The minimum absolute atomic E-state index is 0.0465. The number of nitrogens with one attached hydrogen (secondary N) is 1. The van der Waals surface area contributed by atoms with Crippen LogP contribution in [0.1, 0.15) is 37.4 Å². The zero-order valence-electron chi connectivity index (χ0n) is 19.2. The molecule has 1 atom stereocenters. The molecule has 0 saturated carbocycles. The zero-order chi connectivity index (χ0) is 24.3. The highest BCUT2D eigenvalue weighted by Crippen LogP contribution is 2.38. The third-order valence-electron chi connectivity index (χ3n) is 5.50. The number of nitrogens with zero attached hydrogens (tertiary/aromatic N) is 3. The van der Waals surface area contributed by atoms with E-state index in [4.69, 9.17) is 20.6 Å². The molecule has 1 aromatic heterocycles. The molecule has 178 valence electrons. The van der Waals surface area contributed by atoms with E-state index in [1.165, 1.54) is 7.11 Å². The summed E-state index contributed by atoms with van der Waals surface area (Å²) in [5.41, 5.74) is 3.70. The van der Waals surface area contributed by atoms with E-state index in [1.807, 2.05) is 32.0 Å². The quantitative estimate of drug-likeness (QED) is 0.453. The van der Waals surface area contributed by atoms with Gasteiger partial charge in [0.1, 0.15) is 5.75 Å². The van der Waals surface area contributed by atoms with Gasteiger partial charge in [0, 0.05) is 24.3 Å². The number of aromatic nitrogens is 2. The molecule has 0 aliphatic heterocycles. The van der Waals surface area contributed by atoms with Crippen molar-refractivity contribution < 1.29 is 22.4 Å². The van der Waals surface area contributed by atoms with Gasteiger partial charge in [-0.05, 0) is 56.0 Å². The number of hydrogen-bond acceptors (Lipinski definition) is 7. The summed E-state index contributed by atoms with van der Waals surface area (Å²) in [6.45, 7) is 11.4. The number of hydrogen-bond donors (Lipinski definition) is 1. The molecule has 0 amide bonds. The van der Waals surface area contributed by atoms with Gasteiger partial charge in [0.05, 0.1) is 25.0 Å². The van der Waals surface area contributed by atoms with E-state index < -0.39 is 10.0 Å². The third kappa shape index (κ3) is 5.12. The van der Waals surface area contributed by atoms with Crippen molar-refractivity contribution >= 4 is 15.7 Å². The molecule has 1 N–H and O–H groups in total. The topological polar surface area (TPSA) is 108 Å². The predicted octanol–water partition coefficient (Wildman–Crippen LogP) is 4.29. The predicted molar refractivity (Wildman–Crippen MR) is 127 cm³/mol. The number of benzene rings is 2. The van der Waals surface area contributed by atoms with E-state index in [-0.39, 0.29) is 24.5 Å². The van der Waals surface area contributed by atoms with Crippen LogP contribution in [0.2, 0.25) is 0 Å². The molecule has 34 heavy (non-hydrogen) atoms. The number of methoxy groups -OCH3 is 1. The average molecular weight is 483 g/mol. The molecule has 1 heterocycles. The fourth-order valence-electron chi connectivity index (χ4n) is 4.00. The lowest BCUT2D eigenvalue weighted by Gasteiger charge is -2.14. The largest absolute Gasteiger partial charge is 0.502 e. The molecule has 0 unspecified atom stereocenters. The Morgan fingerprint density at radius 3 is 2.85 bits per heavy atom. The first-order valence-corrected chi connectivity index (χ1v) is 12.6. The maximum absolute atomic E-state index is 12.3. The van der Waals surface area contributed by atoms with Crippen LogP contribution in [0.25, 0.3) is 27.7 Å². The summed E-state index contributed by atoms with van der Waals surface area (Å²) in [7, 11) is -1.98. The van der Waals surface area contributed by atoms with Crippen molar-refractivity contribution in [3.05, 3.63) is 58.9 Å². The Hall–Kier alpha value is -3.26. The second-order valence-corrected chi connectivity index (χ2v) is 10.2. The molecule has 9 nitrogen and oxygen atoms in total. The maximum Gasteiger partial charge on any atom is 0.256 e. The van der Waals surface area contributed by atoms with Crippen molar-refractivity contribution in [2.75, 3.05) is 19.5 Å². The maximum atomic E-state index is 12.3. The van der Waals surface area contributed by atoms with Crippen LogP contribution in [0.5, 0.6) is 5.75 Å². The molecular formula is C24H26N4O5S. The fourth-order valence-corrected chi connectivity index (χ4v) is 5.18. The van der Waals surface area contributed by atoms with Gasteiger partial charge in [-0.1, -0.05) is 23.4 Å². The van der Waals surface area contributed by atoms with Crippen LogP contribution in [0.15, 0.2) is 40.9 Å². The average Bonchev–Trinajstić information content (AvgIpc) is 3.45. The molecule has 3 aromatic rings. The van der Waals surface area contributed by atoms with Gasteiger partial charge in [-0.25, -0.2) is 18.0 Å². The highest BCUT2D eigenvalue weighted by Gasteiger charge is 2.29. The van der Waals surface area contributed by atoms with Crippen LogP contribution < -0.4 is 9.46 Å². The Labute approximate surface area is 199 Å². The summed E-state index contributed by atoms with van der Waals surface area (Å²) in [5.74, 6) is 1.13. The second kappa shape index (κ2) is 9.93. The molecule has 0 fully saturated rings. The van der Waals surface area contributed by atoms with Crippen molar-refractivity contribution in [1.29, 1.82) is 0 Å². The summed E-state index contributed by atoms with van der Waals surface area (Å²) >= 11 is 0. The normalized spacial score (nSPS) is 15.3. The highest BCUT2D eigenvalue weighted by atomic mass is 32.2. The van der Waals surface area contributed by atoms with Crippen LogP contribution in [-0.4, -0.2) is 44.1 Å². The van der Waals surface area contributed by atoms with E-state index >= 15 is 0 Å². The molecule has 0 bridgehead atoms. The summed E-state index contributed by atoms with van der Waals surface area (Å²) < 4.78 is 43.5. The molecule has 2 aromatic carbocycles. The molecule has 0 spiro atoms. The Kier molecular flexibility index (Phi) is 6.97.